The minimum Gasteiger partial charge on any atom is -0.330 e. The minimum atomic E-state index is 0.0753. The Kier molecular flexibility index (Phi) is 5.52. The molecule has 4 N–H and O–H groups in total. The van der Waals surface area contributed by atoms with Crippen LogP contribution in [0, 0.1) is 0 Å². The van der Waals surface area contributed by atoms with E-state index in [9.17, 15) is 0 Å². The van der Waals surface area contributed by atoms with Crippen LogP contribution in [0.5, 0.6) is 0 Å². The van der Waals surface area contributed by atoms with Gasteiger partial charge in [-0.2, -0.15) is 0 Å². The normalized spacial score (nSPS) is 15.6. The van der Waals surface area contributed by atoms with Crippen LogP contribution in [0.15, 0.2) is 18.2 Å². The monoisotopic (exact) mass is 331 g/mol. The van der Waals surface area contributed by atoms with E-state index >= 15 is 0 Å². The molecule has 1 aromatic heterocycles. The average Bonchev–Trinajstić information content (AvgIpc) is 2.56. The summed E-state index contributed by atoms with van der Waals surface area (Å²) >= 11 is 6.17. The lowest BCUT2D eigenvalue weighted by Crippen LogP contribution is -2.18. The van der Waals surface area contributed by atoms with Crippen LogP contribution in [-0.4, -0.2) is 11.5 Å². The number of benzene rings is 1. The van der Waals surface area contributed by atoms with Gasteiger partial charge >= 0.3 is 0 Å². The van der Waals surface area contributed by atoms with Crippen LogP contribution in [0.3, 0.4) is 0 Å². The average molecular weight is 332 g/mol. The van der Waals surface area contributed by atoms with Gasteiger partial charge in [0, 0.05) is 22.1 Å². The SMILES string of the molecule is NCCCCCC(N)c1c2c(nc3cc(Cl)ccc13)CCCC2. The van der Waals surface area contributed by atoms with E-state index in [0.717, 1.165) is 55.6 Å². The molecule has 1 unspecified atom stereocenters. The van der Waals surface area contributed by atoms with Crippen molar-refractivity contribution in [3.05, 3.63) is 40.0 Å². The van der Waals surface area contributed by atoms with Crippen molar-refractivity contribution in [2.45, 2.75) is 57.4 Å². The Labute approximate surface area is 143 Å². The molecule has 0 saturated carbocycles. The number of nitrogens with zero attached hydrogens (tertiary/aromatic N) is 1. The Morgan fingerprint density at radius 3 is 2.78 bits per heavy atom. The second-order valence-electron chi connectivity index (χ2n) is 6.56. The molecule has 1 atom stereocenters. The molecule has 3 nitrogen and oxygen atoms in total. The molecular weight excluding hydrogens is 306 g/mol. The summed E-state index contributed by atoms with van der Waals surface area (Å²) in [7, 11) is 0. The number of fused-ring (bicyclic) bond motifs is 2. The largest absolute Gasteiger partial charge is 0.330 e. The minimum absolute atomic E-state index is 0.0753. The quantitative estimate of drug-likeness (QED) is 0.776. The molecule has 0 radical (unpaired) electrons. The third kappa shape index (κ3) is 3.68. The number of aryl methyl sites for hydroxylation is 1. The molecule has 1 aliphatic rings. The summed E-state index contributed by atoms with van der Waals surface area (Å²) in [5.74, 6) is 0. The molecule has 4 heteroatoms. The number of hydrogen-bond donors (Lipinski definition) is 2. The van der Waals surface area contributed by atoms with Crippen molar-refractivity contribution in [2.24, 2.45) is 11.5 Å². The van der Waals surface area contributed by atoms with Crippen LogP contribution in [0.4, 0.5) is 0 Å². The van der Waals surface area contributed by atoms with Crippen molar-refractivity contribution in [1.82, 2.24) is 4.98 Å². The maximum Gasteiger partial charge on any atom is 0.0723 e. The second-order valence-corrected chi connectivity index (χ2v) is 7.00. The van der Waals surface area contributed by atoms with Gasteiger partial charge in [-0.25, -0.2) is 0 Å². The maximum atomic E-state index is 6.61. The van der Waals surface area contributed by atoms with Crippen molar-refractivity contribution in [2.75, 3.05) is 6.54 Å². The van der Waals surface area contributed by atoms with Gasteiger partial charge in [-0.15, -0.1) is 0 Å². The van der Waals surface area contributed by atoms with Gasteiger partial charge in [0.05, 0.1) is 5.52 Å². The summed E-state index contributed by atoms with van der Waals surface area (Å²) in [6, 6.07) is 6.09. The molecule has 0 amide bonds. The van der Waals surface area contributed by atoms with E-state index in [2.05, 4.69) is 6.07 Å². The zero-order chi connectivity index (χ0) is 16.2. The van der Waals surface area contributed by atoms with Crippen LogP contribution in [0.2, 0.25) is 5.02 Å². The first kappa shape index (κ1) is 16.7. The maximum absolute atomic E-state index is 6.61. The van der Waals surface area contributed by atoms with Crippen molar-refractivity contribution in [1.29, 1.82) is 0 Å². The molecule has 0 fully saturated rings. The van der Waals surface area contributed by atoms with Crippen molar-refractivity contribution in [3.63, 3.8) is 0 Å². The number of rotatable bonds is 6. The van der Waals surface area contributed by atoms with Gasteiger partial charge in [0.2, 0.25) is 0 Å². The zero-order valence-corrected chi connectivity index (χ0v) is 14.4. The summed E-state index contributed by atoms with van der Waals surface area (Å²) in [6.07, 6.45) is 8.99. The van der Waals surface area contributed by atoms with Gasteiger partial charge in [0.25, 0.3) is 0 Å². The molecule has 0 bridgehead atoms. The summed E-state index contributed by atoms with van der Waals surface area (Å²) in [4.78, 5) is 4.87. The predicted molar refractivity (Wildman–Crippen MR) is 97.8 cm³/mol. The van der Waals surface area contributed by atoms with E-state index < -0.39 is 0 Å². The third-order valence-corrected chi connectivity index (χ3v) is 5.09. The summed E-state index contributed by atoms with van der Waals surface area (Å²) in [5.41, 5.74) is 17.1. The van der Waals surface area contributed by atoms with Gasteiger partial charge in [-0.3, -0.25) is 4.98 Å². The Morgan fingerprint density at radius 2 is 1.96 bits per heavy atom. The van der Waals surface area contributed by atoms with Crippen molar-refractivity contribution < 1.29 is 0 Å². The lowest BCUT2D eigenvalue weighted by molar-refractivity contribution is 0.565. The van der Waals surface area contributed by atoms with Crippen LogP contribution in [0.25, 0.3) is 10.9 Å². The van der Waals surface area contributed by atoms with E-state index in [4.69, 9.17) is 28.1 Å². The zero-order valence-electron chi connectivity index (χ0n) is 13.7. The fraction of sp³-hybridized carbons (Fsp3) is 0.526. The van der Waals surface area contributed by atoms with Crippen LogP contribution in [-0.2, 0) is 12.8 Å². The molecule has 1 heterocycles. The molecule has 1 aromatic carbocycles. The molecular formula is C19H26ClN3. The standard InChI is InChI=1S/C19H26ClN3/c20-13-9-10-15-18(12-13)23-17-8-4-3-6-14(17)19(15)16(22)7-2-1-5-11-21/h9-10,12,16H,1-8,11,21-22H2. The highest BCUT2D eigenvalue weighted by Gasteiger charge is 2.21. The van der Waals surface area contributed by atoms with Gasteiger partial charge in [-0.1, -0.05) is 30.5 Å². The number of unbranched alkanes of at least 4 members (excludes halogenated alkanes) is 2. The predicted octanol–water partition coefficient (Wildman–Crippen LogP) is 4.29. The number of nitrogens with two attached hydrogens (primary N) is 2. The van der Waals surface area contributed by atoms with E-state index in [1.54, 1.807) is 0 Å². The summed E-state index contributed by atoms with van der Waals surface area (Å²) < 4.78 is 0. The van der Waals surface area contributed by atoms with E-state index in [-0.39, 0.29) is 6.04 Å². The van der Waals surface area contributed by atoms with Gasteiger partial charge in [-0.05, 0) is 68.3 Å². The fourth-order valence-corrected chi connectivity index (χ4v) is 3.86. The molecule has 124 valence electrons. The second kappa shape index (κ2) is 7.61. The molecule has 2 aromatic rings. The highest BCUT2D eigenvalue weighted by molar-refractivity contribution is 6.31. The highest BCUT2D eigenvalue weighted by atomic mass is 35.5. The highest BCUT2D eigenvalue weighted by Crippen LogP contribution is 2.35. The first-order chi connectivity index (χ1) is 11.2. The third-order valence-electron chi connectivity index (χ3n) is 4.86. The summed E-state index contributed by atoms with van der Waals surface area (Å²) in [5, 5.41) is 1.92. The van der Waals surface area contributed by atoms with Crippen LogP contribution in [0.1, 0.15) is 61.4 Å². The van der Waals surface area contributed by atoms with Crippen molar-refractivity contribution >= 4 is 22.5 Å². The lowest BCUT2D eigenvalue weighted by Gasteiger charge is -2.24. The first-order valence-corrected chi connectivity index (χ1v) is 9.15. The topological polar surface area (TPSA) is 64.9 Å². The summed E-state index contributed by atoms with van der Waals surface area (Å²) in [6.45, 7) is 0.765. The Balaban J connectivity index is 1.98. The number of pyridine rings is 1. The fourth-order valence-electron chi connectivity index (χ4n) is 3.69. The molecule has 0 spiro atoms. The van der Waals surface area contributed by atoms with E-state index in [0.29, 0.717) is 0 Å². The number of aromatic nitrogens is 1. The smallest absolute Gasteiger partial charge is 0.0723 e. The molecule has 0 saturated heterocycles. The van der Waals surface area contributed by atoms with E-state index in [1.165, 1.54) is 35.0 Å². The molecule has 23 heavy (non-hydrogen) atoms. The molecule has 3 rings (SSSR count). The van der Waals surface area contributed by atoms with Crippen LogP contribution < -0.4 is 11.5 Å². The van der Waals surface area contributed by atoms with Gasteiger partial charge in [0.15, 0.2) is 0 Å². The number of hydrogen-bond acceptors (Lipinski definition) is 3. The Bertz CT molecular complexity index is 684. The lowest BCUT2D eigenvalue weighted by atomic mass is 9.85. The Morgan fingerprint density at radius 1 is 1.13 bits per heavy atom. The molecule has 1 aliphatic carbocycles. The number of halogens is 1. The van der Waals surface area contributed by atoms with Crippen molar-refractivity contribution in [3.8, 4) is 0 Å². The van der Waals surface area contributed by atoms with Gasteiger partial charge in [0.1, 0.15) is 0 Å². The van der Waals surface area contributed by atoms with Gasteiger partial charge < -0.3 is 11.5 Å². The van der Waals surface area contributed by atoms with Crippen LogP contribution >= 0.6 is 11.6 Å². The Hall–Kier alpha value is -1.16. The first-order valence-electron chi connectivity index (χ1n) is 8.77. The molecule has 0 aliphatic heterocycles. The van der Waals surface area contributed by atoms with E-state index in [1.807, 2.05) is 12.1 Å².